The summed E-state index contributed by atoms with van der Waals surface area (Å²) in [5, 5.41) is 0. The summed E-state index contributed by atoms with van der Waals surface area (Å²) < 4.78 is 39.1. The molecule has 0 spiro atoms. The number of rotatable bonds is 4. The van der Waals surface area contributed by atoms with E-state index in [0.717, 1.165) is 17.7 Å². The third-order valence-corrected chi connectivity index (χ3v) is 4.32. The summed E-state index contributed by atoms with van der Waals surface area (Å²) in [6.07, 6.45) is 0. The van der Waals surface area contributed by atoms with Gasteiger partial charge in [-0.2, -0.15) is 0 Å². The number of hydrogen-bond acceptors (Lipinski definition) is 2. The van der Waals surface area contributed by atoms with Gasteiger partial charge >= 0.3 is 0 Å². The second kappa shape index (κ2) is 6.05. The Bertz CT molecular complexity index is 663. The summed E-state index contributed by atoms with van der Waals surface area (Å²) in [5.41, 5.74) is 0.141. The van der Waals surface area contributed by atoms with Crippen molar-refractivity contribution in [2.75, 3.05) is 5.75 Å². The van der Waals surface area contributed by atoms with Crippen LogP contribution in [0.3, 0.4) is 0 Å². The second-order valence-electron chi connectivity index (χ2n) is 4.28. The maximum atomic E-state index is 13.5. The van der Waals surface area contributed by atoms with E-state index in [1.807, 2.05) is 0 Å². The number of benzene rings is 2. The molecule has 2 aromatic carbocycles. The van der Waals surface area contributed by atoms with E-state index >= 15 is 0 Å². The first-order valence-corrected chi connectivity index (χ1v) is 7.24. The van der Waals surface area contributed by atoms with Gasteiger partial charge in [-0.25, -0.2) is 8.78 Å². The molecule has 5 heteroatoms. The fourth-order valence-corrected chi connectivity index (χ4v) is 3.04. The molecule has 0 fully saturated rings. The van der Waals surface area contributed by atoms with Crippen molar-refractivity contribution in [2.45, 2.75) is 11.8 Å². The summed E-state index contributed by atoms with van der Waals surface area (Å²) in [5.74, 6) is -3.11. The Labute approximate surface area is 117 Å². The Morgan fingerprint density at radius 3 is 2.25 bits per heavy atom. The van der Waals surface area contributed by atoms with Crippen molar-refractivity contribution in [1.82, 2.24) is 0 Å². The van der Waals surface area contributed by atoms with Gasteiger partial charge in [0.1, 0.15) is 11.6 Å². The Hall–Kier alpha value is -1.88. The first kappa shape index (κ1) is 14.5. The third kappa shape index (κ3) is 2.99. The summed E-state index contributed by atoms with van der Waals surface area (Å²) in [6, 6.07) is 10.1. The first-order chi connectivity index (χ1) is 9.50. The van der Waals surface area contributed by atoms with Crippen molar-refractivity contribution >= 4 is 16.6 Å². The smallest absolute Gasteiger partial charge is 0.181 e. The molecular formula is C15H12F2O2S. The van der Waals surface area contributed by atoms with Crippen LogP contribution in [-0.2, 0) is 10.8 Å². The van der Waals surface area contributed by atoms with Gasteiger partial charge in [-0.3, -0.25) is 9.00 Å². The number of carbonyl (C=O) groups is 1. The van der Waals surface area contributed by atoms with E-state index in [9.17, 15) is 17.8 Å². The highest BCUT2D eigenvalue weighted by atomic mass is 32.2. The molecule has 0 heterocycles. The number of ketones is 1. The fourth-order valence-electron chi connectivity index (χ4n) is 1.85. The average Bonchev–Trinajstić information content (AvgIpc) is 2.38. The molecule has 2 aromatic rings. The lowest BCUT2D eigenvalue weighted by Gasteiger charge is -2.06. The van der Waals surface area contributed by atoms with Crippen molar-refractivity contribution in [2.24, 2.45) is 0 Å². The number of Topliss-reactive ketones (excluding diaryl/α,β-unsaturated/α-hetero) is 1. The predicted octanol–water partition coefficient (Wildman–Crippen LogP) is 3.26. The van der Waals surface area contributed by atoms with E-state index in [2.05, 4.69) is 0 Å². The number of aryl methyl sites for hydroxylation is 1. The molecule has 0 amide bonds. The highest BCUT2D eigenvalue weighted by Gasteiger charge is 2.20. The van der Waals surface area contributed by atoms with E-state index in [-0.39, 0.29) is 0 Å². The Morgan fingerprint density at radius 1 is 1.05 bits per heavy atom. The van der Waals surface area contributed by atoms with Crippen LogP contribution in [0.15, 0.2) is 47.4 Å². The molecule has 0 N–H and O–H groups in total. The number of carbonyl (C=O) groups excluding carboxylic acids is 1. The Balaban J connectivity index is 2.25. The minimum absolute atomic E-state index is 0.442. The Kier molecular flexibility index (Phi) is 4.39. The second-order valence-corrected chi connectivity index (χ2v) is 5.69. The van der Waals surface area contributed by atoms with Gasteiger partial charge < -0.3 is 0 Å². The molecule has 20 heavy (non-hydrogen) atoms. The maximum absolute atomic E-state index is 13.5. The molecule has 0 saturated carbocycles. The largest absolute Gasteiger partial charge is 0.293 e. The lowest BCUT2D eigenvalue weighted by atomic mass is 10.1. The fraction of sp³-hybridized carbons (Fsp3) is 0.133. The molecule has 0 aliphatic heterocycles. The molecule has 1 unspecified atom stereocenters. The summed E-state index contributed by atoms with van der Waals surface area (Å²) >= 11 is 0. The maximum Gasteiger partial charge on any atom is 0.181 e. The molecule has 0 aliphatic carbocycles. The molecule has 104 valence electrons. The van der Waals surface area contributed by atoms with Crippen LogP contribution in [-0.4, -0.2) is 15.7 Å². The molecule has 0 bridgehead atoms. The predicted molar refractivity (Wildman–Crippen MR) is 73.1 cm³/mol. The van der Waals surface area contributed by atoms with Gasteiger partial charge in [0, 0.05) is 4.90 Å². The van der Waals surface area contributed by atoms with Crippen LogP contribution < -0.4 is 0 Å². The third-order valence-electron chi connectivity index (χ3n) is 2.84. The number of hydrogen-bond donors (Lipinski definition) is 0. The van der Waals surface area contributed by atoms with E-state index in [4.69, 9.17) is 0 Å². The standard InChI is InChI=1S/C15H12F2O2S/c1-10-5-2-3-8-14(10)20(19)9-13(18)15-11(16)6-4-7-12(15)17/h2-8H,9H2,1H3. The van der Waals surface area contributed by atoms with E-state index in [0.29, 0.717) is 4.90 Å². The lowest BCUT2D eigenvalue weighted by molar-refractivity contribution is 0.101. The van der Waals surface area contributed by atoms with Crippen molar-refractivity contribution in [3.05, 3.63) is 65.2 Å². The molecule has 0 aliphatic rings. The summed E-state index contributed by atoms with van der Waals surface area (Å²) in [7, 11) is -1.62. The normalized spacial score (nSPS) is 12.2. The average molecular weight is 294 g/mol. The van der Waals surface area contributed by atoms with Crippen LogP contribution in [0, 0.1) is 18.6 Å². The minimum atomic E-state index is -1.62. The van der Waals surface area contributed by atoms with Gasteiger partial charge in [0.15, 0.2) is 5.78 Å². The zero-order valence-electron chi connectivity index (χ0n) is 10.7. The van der Waals surface area contributed by atoms with Crippen molar-refractivity contribution < 1.29 is 17.8 Å². The highest BCUT2D eigenvalue weighted by molar-refractivity contribution is 7.85. The monoisotopic (exact) mass is 294 g/mol. The van der Waals surface area contributed by atoms with Crippen LogP contribution in [0.25, 0.3) is 0 Å². The van der Waals surface area contributed by atoms with Crippen LogP contribution in [0.2, 0.25) is 0 Å². The van der Waals surface area contributed by atoms with Crippen molar-refractivity contribution in [1.29, 1.82) is 0 Å². The molecule has 0 aromatic heterocycles. The molecule has 2 nitrogen and oxygen atoms in total. The summed E-state index contributed by atoms with van der Waals surface area (Å²) in [4.78, 5) is 12.4. The quantitative estimate of drug-likeness (QED) is 0.811. The molecule has 0 saturated heterocycles. The van der Waals surface area contributed by atoms with Gasteiger partial charge in [-0.1, -0.05) is 24.3 Å². The van der Waals surface area contributed by atoms with Crippen LogP contribution >= 0.6 is 0 Å². The van der Waals surface area contributed by atoms with Gasteiger partial charge in [-0.15, -0.1) is 0 Å². The lowest BCUT2D eigenvalue weighted by Crippen LogP contribution is -2.15. The van der Waals surface area contributed by atoms with E-state index in [1.54, 1.807) is 31.2 Å². The molecule has 0 radical (unpaired) electrons. The van der Waals surface area contributed by atoms with Gasteiger partial charge in [0.05, 0.1) is 22.1 Å². The van der Waals surface area contributed by atoms with E-state index in [1.165, 1.54) is 6.07 Å². The van der Waals surface area contributed by atoms with Crippen molar-refractivity contribution in [3.8, 4) is 0 Å². The molecular weight excluding hydrogens is 282 g/mol. The topological polar surface area (TPSA) is 34.1 Å². The minimum Gasteiger partial charge on any atom is -0.293 e. The highest BCUT2D eigenvalue weighted by Crippen LogP contribution is 2.17. The van der Waals surface area contributed by atoms with Crippen LogP contribution in [0.4, 0.5) is 8.78 Å². The molecule has 2 rings (SSSR count). The van der Waals surface area contributed by atoms with Crippen LogP contribution in [0.5, 0.6) is 0 Å². The van der Waals surface area contributed by atoms with Gasteiger partial charge in [0.25, 0.3) is 0 Å². The van der Waals surface area contributed by atoms with Gasteiger partial charge in [-0.05, 0) is 30.7 Å². The first-order valence-electron chi connectivity index (χ1n) is 5.92. The van der Waals surface area contributed by atoms with Crippen molar-refractivity contribution in [3.63, 3.8) is 0 Å². The Morgan fingerprint density at radius 2 is 1.65 bits per heavy atom. The summed E-state index contributed by atoms with van der Waals surface area (Å²) in [6.45, 7) is 1.77. The van der Waals surface area contributed by atoms with E-state index < -0.39 is 39.5 Å². The zero-order valence-corrected chi connectivity index (χ0v) is 11.5. The van der Waals surface area contributed by atoms with Gasteiger partial charge in [0.2, 0.25) is 0 Å². The zero-order chi connectivity index (χ0) is 14.7. The SMILES string of the molecule is Cc1ccccc1S(=O)CC(=O)c1c(F)cccc1F. The number of halogens is 2. The van der Waals surface area contributed by atoms with Crippen LogP contribution in [0.1, 0.15) is 15.9 Å². The molecule has 1 atom stereocenters.